The lowest BCUT2D eigenvalue weighted by atomic mass is 10.1. The van der Waals surface area contributed by atoms with Crippen LogP contribution in [0, 0.1) is 0 Å². The molecule has 1 amide bonds. The zero-order valence-electron chi connectivity index (χ0n) is 14.8. The first-order chi connectivity index (χ1) is 12.6. The molecule has 1 N–H and O–H groups in total. The third-order valence-corrected chi connectivity index (χ3v) is 4.24. The van der Waals surface area contributed by atoms with Crippen molar-refractivity contribution in [3.8, 4) is 11.5 Å². The van der Waals surface area contributed by atoms with E-state index in [1.807, 2.05) is 31.2 Å². The maximum atomic E-state index is 12.1. The van der Waals surface area contributed by atoms with Crippen molar-refractivity contribution in [2.45, 2.75) is 19.4 Å². The van der Waals surface area contributed by atoms with Crippen LogP contribution >= 0.6 is 0 Å². The zero-order valence-corrected chi connectivity index (χ0v) is 14.8. The number of carbonyl (C=O) groups is 2. The van der Waals surface area contributed by atoms with Crippen molar-refractivity contribution in [3.63, 3.8) is 0 Å². The molecule has 0 aromatic heterocycles. The molecule has 0 bridgehead atoms. The molecule has 0 saturated carbocycles. The van der Waals surface area contributed by atoms with E-state index in [-0.39, 0.29) is 18.6 Å². The molecule has 136 valence electrons. The van der Waals surface area contributed by atoms with Crippen molar-refractivity contribution in [2.75, 3.05) is 20.3 Å². The molecule has 0 saturated heterocycles. The number of ether oxygens (including phenoxy) is 3. The fourth-order valence-electron chi connectivity index (χ4n) is 2.91. The van der Waals surface area contributed by atoms with Crippen LogP contribution in [0.3, 0.4) is 0 Å². The summed E-state index contributed by atoms with van der Waals surface area (Å²) in [6.07, 6.45) is 0.771. The van der Waals surface area contributed by atoms with E-state index in [2.05, 4.69) is 5.32 Å². The van der Waals surface area contributed by atoms with Crippen LogP contribution < -0.4 is 14.8 Å². The fraction of sp³-hybridized carbons (Fsp3) is 0.300. The van der Waals surface area contributed by atoms with Crippen LogP contribution in [-0.2, 0) is 16.0 Å². The SMILES string of the molecule is COc1ccccc1[C@@H](C)NC(=O)COC(=O)c1ccc2c(c1)CCO2. The van der Waals surface area contributed by atoms with Gasteiger partial charge in [-0.15, -0.1) is 0 Å². The number of methoxy groups -OCH3 is 1. The highest BCUT2D eigenvalue weighted by molar-refractivity contribution is 5.91. The monoisotopic (exact) mass is 355 g/mol. The van der Waals surface area contributed by atoms with Crippen molar-refractivity contribution in [3.05, 3.63) is 59.2 Å². The Balaban J connectivity index is 1.54. The number of rotatable bonds is 6. The first kappa shape index (κ1) is 17.8. The molecule has 2 aromatic rings. The minimum Gasteiger partial charge on any atom is -0.496 e. The quantitative estimate of drug-likeness (QED) is 0.807. The summed E-state index contributed by atoms with van der Waals surface area (Å²) in [7, 11) is 1.58. The van der Waals surface area contributed by atoms with Gasteiger partial charge in [-0.2, -0.15) is 0 Å². The van der Waals surface area contributed by atoms with Gasteiger partial charge in [0.2, 0.25) is 0 Å². The number of hydrogen-bond acceptors (Lipinski definition) is 5. The third kappa shape index (κ3) is 3.96. The summed E-state index contributed by atoms with van der Waals surface area (Å²) in [5, 5.41) is 2.80. The largest absolute Gasteiger partial charge is 0.496 e. The van der Waals surface area contributed by atoms with E-state index in [0.717, 1.165) is 23.3 Å². The van der Waals surface area contributed by atoms with Gasteiger partial charge in [0, 0.05) is 12.0 Å². The number of nitrogens with one attached hydrogen (secondary N) is 1. The highest BCUT2D eigenvalue weighted by Gasteiger charge is 2.18. The predicted octanol–water partition coefficient (Wildman–Crippen LogP) is 2.66. The second kappa shape index (κ2) is 7.91. The number of carbonyl (C=O) groups excluding carboxylic acids is 2. The summed E-state index contributed by atoms with van der Waals surface area (Å²) < 4.78 is 15.8. The lowest BCUT2D eigenvalue weighted by Crippen LogP contribution is -2.31. The molecule has 0 aliphatic carbocycles. The summed E-state index contributed by atoms with van der Waals surface area (Å²) in [5.74, 6) is 0.587. The van der Waals surface area contributed by atoms with Crippen LogP contribution in [0.15, 0.2) is 42.5 Å². The van der Waals surface area contributed by atoms with Gasteiger partial charge in [0.05, 0.1) is 25.3 Å². The molecule has 0 radical (unpaired) electrons. The smallest absolute Gasteiger partial charge is 0.338 e. The Hall–Kier alpha value is -3.02. The molecule has 6 nitrogen and oxygen atoms in total. The average Bonchev–Trinajstić information content (AvgIpc) is 3.13. The van der Waals surface area contributed by atoms with Gasteiger partial charge in [0.15, 0.2) is 6.61 Å². The summed E-state index contributed by atoms with van der Waals surface area (Å²) in [4.78, 5) is 24.2. The van der Waals surface area contributed by atoms with Crippen LogP contribution in [0.4, 0.5) is 0 Å². The molecule has 1 aliphatic rings. The second-order valence-corrected chi connectivity index (χ2v) is 6.03. The van der Waals surface area contributed by atoms with E-state index in [1.165, 1.54) is 0 Å². The van der Waals surface area contributed by atoms with E-state index >= 15 is 0 Å². The Labute approximate surface area is 152 Å². The standard InChI is InChI=1S/C20H21NO5/c1-13(16-5-3-4-6-18(16)24-2)21-19(22)12-26-20(23)15-7-8-17-14(11-15)9-10-25-17/h3-8,11,13H,9-10,12H2,1-2H3,(H,21,22)/t13-/m1/s1. The number of amides is 1. The molecular formula is C20H21NO5. The van der Waals surface area contributed by atoms with Crippen LogP contribution in [0.2, 0.25) is 0 Å². The highest BCUT2D eigenvalue weighted by atomic mass is 16.5. The zero-order chi connectivity index (χ0) is 18.5. The van der Waals surface area contributed by atoms with E-state index in [4.69, 9.17) is 14.2 Å². The summed E-state index contributed by atoms with van der Waals surface area (Å²) in [6, 6.07) is 12.3. The lowest BCUT2D eigenvalue weighted by molar-refractivity contribution is -0.124. The molecule has 3 rings (SSSR count). The lowest BCUT2D eigenvalue weighted by Gasteiger charge is -2.17. The van der Waals surface area contributed by atoms with Crippen molar-refractivity contribution in [1.82, 2.24) is 5.32 Å². The molecule has 0 unspecified atom stereocenters. The van der Waals surface area contributed by atoms with Crippen LogP contribution in [-0.4, -0.2) is 32.2 Å². The van der Waals surface area contributed by atoms with Gasteiger partial charge in [-0.05, 0) is 36.8 Å². The van der Waals surface area contributed by atoms with Crippen molar-refractivity contribution in [1.29, 1.82) is 0 Å². The molecule has 1 heterocycles. The van der Waals surface area contributed by atoms with Gasteiger partial charge in [-0.25, -0.2) is 4.79 Å². The Morgan fingerprint density at radius 1 is 1.23 bits per heavy atom. The van der Waals surface area contributed by atoms with Crippen LogP contribution in [0.1, 0.15) is 34.5 Å². The predicted molar refractivity (Wildman–Crippen MR) is 95.5 cm³/mol. The van der Waals surface area contributed by atoms with Gasteiger partial charge in [-0.3, -0.25) is 4.79 Å². The number of benzene rings is 2. The molecule has 0 fully saturated rings. The number of esters is 1. The molecule has 6 heteroatoms. The fourth-order valence-corrected chi connectivity index (χ4v) is 2.91. The summed E-state index contributed by atoms with van der Waals surface area (Å²) >= 11 is 0. The molecule has 1 atom stereocenters. The Morgan fingerprint density at radius 3 is 2.85 bits per heavy atom. The highest BCUT2D eigenvalue weighted by Crippen LogP contribution is 2.26. The van der Waals surface area contributed by atoms with Gasteiger partial charge in [-0.1, -0.05) is 18.2 Å². The normalized spacial score (nSPS) is 13.3. The minimum atomic E-state index is -0.528. The van der Waals surface area contributed by atoms with Gasteiger partial charge < -0.3 is 19.5 Å². The Morgan fingerprint density at radius 2 is 2.04 bits per heavy atom. The number of hydrogen-bond donors (Lipinski definition) is 1. The van der Waals surface area contributed by atoms with Gasteiger partial charge in [0.1, 0.15) is 11.5 Å². The van der Waals surface area contributed by atoms with E-state index in [9.17, 15) is 9.59 Å². The maximum Gasteiger partial charge on any atom is 0.338 e. The van der Waals surface area contributed by atoms with Gasteiger partial charge >= 0.3 is 5.97 Å². The third-order valence-electron chi connectivity index (χ3n) is 4.24. The van der Waals surface area contributed by atoms with Crippen molar-refractivity contribution in [2.24, 2.45) is 0 Å². The molecule has 0 spiro atoms. The minimum absolute atomic E-state index is 0.269. The Bertz CT molecular complexity index is 818. The molecular weight excluding hydrogens is 334 g/mol. The molecule has 2 aromatic carbocycles. The molecule has 1 aliphatic heterocycles. The topological polar surface area (TPSA) is 73.9 Å². The van der Waals surface area contributed by atoms with E-state index in [0.29, 0.717) is 17.9 Å². The van der Waals surface area contributed by atoms with Crippen molar-refractivity contribution < 1.29 is 23.8 Å². The molecule has 26 heavy (non-hydrogen) atoms. The summed E-state index contributed by atoms with van der Waals surface area (Å²) in [6.45, 7) is 2.13. The van der Waals surface area contributed by atoms with Crippen LogP contribution in [0.25, 0.3) is 0 Å². The van der Waals surface area contributed by atoms with Gasteiger partial charge in [0.25, 0.3) is 5.91 Å². The van der Waals surface area contributed by atoms with E-state index < -0.39 is 5.97 Å². The average molecular weight is 355 g/mol. The number of para-hydroxylation sites is 1. The maximum absolute atomic E-state index is 12.1. The van der Waals surface area contributed by atoms with Crippen LogP contribution in [0.5, 0.6) is 11.5 Å². The number of fused-ring (bicyclic) bond motifs is 1. The first-order valence-corrected chi connectivity index (χ1v) is 8.43. The summed E-state index contributed by atoms with van der Waals surface area (Å²) in [5.41, 5.74) is 2.25. The Kier molecular flexibility index (Phi) is 5.41. The first-order valence-electron chi connectivity index (χ1n) is 8.43. The van der Waals surface area contributed by atoms with E-state index in [1.54, 1.807) is 25.3 Å². The second-order valence-electron chi connectivity index (χ2n) is 6.03. The van der Waals surface area contributed by atoms with Crippen molar-refractivity contribution >= 4 is 11.9 Å².